The van der Waals surface area contributed by atoms with E-state index in [2.05, 4.69) is 34.6 Å². The highest BCUT2D eigenvalue weighted by Crippen LogP contribution is 2.27. The molecular weight excluding hydrogens is 224 g/mol. The molecule has 0 rings (SSSR count). The molecule has 0 aromatic heterocycles. The Morgan fingerprint density at radius 1 is 0.944 bits per heavy atom. The minimum Gasteiger partial charge on any atom is -0.481 e. The lowest BCUT2D eigenvalue weighted by atomic mass is 9.83. The molecule has 0 bridgehead atoms. The fourth-order valence-corrected chi connectivity index (χ4v) is 2.63. The zero-order chi connectivity index (χ0) is 14.1. The van der Waals surface area contributed by atoms with Crippen molar-refractivity contribution in [1.82, 2.24) is 0 Å². The summed E-state index contributed by atoms with van der Waals surface area (Å²) in [6.45, 7) is 10.9. The average Bonchev–Trinajstić information content (AvgIpc) is 2.24. The first-order chi connectivity index (χ1) is 8.36. The summed E-state index contributed by atoms with van der Waals surface area (Å²) in [7, 11) is 0. The van der Waals surface area contributed by atoms with Gasteiger partial charge in [0.1, 0.15) is 0 Å². The van der Waals surface area contributed by atoms with Gasteiger partial charge in [-0.3, -0.25) is 4.79 Å². The Morgan fingerprint density at radius 3 is 1.94 bits per heavy atom. The van der Waals surface area contributed by atoms with E-state index < -0.39 is 5.97 Å². The van der Waals surface area contributed by atoms with Gasteiger partial charge in [-0.2, -0.15) is 0 Å². The van der Waals surface area contributed by atoms with Crippen LogP contribution < -0.4 is 0 Å². The van der Waals surface area contributed by atoms with Crippen LogP contribution >= 0.6 is 0 Å². The summed E-state index contributed by atoms with van der Waals surface area (Å²) in [5, 5.41) is 9.32. The predicted molar refractivity (Wildman–Crippen MR) is 77.7 cm³/mol. The number of hydrogen-bond acceptors (Lipinski definition) is 1. The summed E-state index contributed by atoms with van der Waals surface area (Å²) >= 11 is 0. The zero-order valence-electron chi connectivity index (χ0n) is 12.9. The second-order valence-electron chi connectivity index (χ2n) is 6.53. The summed E-state index contributed by atoms with van der Waals surface area (Å²) in [6.07, 6.45) is 6.43. The predicted octanol–water partition coefficient (Wildman–Crippen LogP) is 4.98. The first-order valence-electron chi connectivity index (χ1n) is 7.59. The van der Waals surface area contributed by atoms with Gasteiger partial charge in [-0.05, 0) is 30.6 Å². The van der Waals surface area contributed by atoms with Crippen LogP contribution in [0.25, 0.3) is 0 Å². The van der Waals surface area contributed by atoms with E-state index in [0.717, 1.165) is 25.2 Å². The Morgan fingerprint density at radius 2 is 1.56 bits per heavy atom. The van der Waals surface area contributed by atoms with Crippen LogP contribution in [0.5, 0.6) is 0 Å². The van der Waals surface area contributed by atoms with Crippen molar-refractivity contribution >= 4 is 5.97 Å². The van der Waals surface area contributed by atoms with Crippen LogP contribution in [0, 0.1) is 23.7 Å². The van der Waals surface area contributed by atoms with Crippen molar-refractivity contribution in [2.75, 3.05) is 0 Å². The first kappa shape index (κ1) is 17.5. The molecule has 2 atom stereocenters. The Labute approximate surface area is 113 Å². The second kappa shape index (κ2) is 9.41. The summed E-state index contributed by atoms with van der Waals surface area (Å²) < 4.78 is 0. The van der Waals surface area contributed by atoms with E-state index in [1.54, 1.807) is 0 Å². The van der Waals surface area contributed by atoms with E-state index in [9.17, 15) is 9.90 Å². The van der Waals surface area contributed by atoms with Crippen LogP contribution in [0.15, 0.2) is 0 Å². The lowest BCUT2D eigenvalue weighted by Crippen LogP contribution is -2.20. The number of carboxylic acid groups (broad SMARTS) is 1. The molecule has 108 valence electrons. The third-order valence-electron chi connectivity index (χ3n) is 3.57. The maximum absolute atomic E-state index is 11.3. The Bertz CT molecular complexity index is 221. The summed E-state index contributed by atoms with van der Waals surface area (Å²) in [6, 6.07) is 0. The van der Waals surface area contributed by atoms with Gasteiger partial charge in [-0.1, -0.05) is 60.3 Å². The largest absolute Gasteiger partial charge is 0.481 e. The molecule has 0 aromatic rings. The molecule has 0 aromatic carbocycles. The van der Waals surface area contributed by atoms with Crippen LogP contribution in [0.3, 0.4) is 0 Å². The summed E-state index contributed by atoms with van der Waals surface area (Å²) in [4.78, 5) is 11.3. The molecule has 2 nitrogen and oxygen atoms in total. The number of rotatable bonds is 10. The van der Waals surface area contributed by atoms with Gasteiger partial charge >= 0.3 is 5.97 Å². The van der Waals surface area contributed by atoms with Crippen LogP contribution in [-0.2, 0) is 4.79 Å². The SMILES string of the molecule is CCCC(CCC(C)C)CC(CC(C)C)C(=O)O. The van der Waals surface area contributed by atoms with Gasteiger partial charge in [0.2, 0.25) is 0 Å². The summed E-state index contributed by atoms with van der Waals surface area (Å²) in [5.41, 5.74) is 0. The smallest absolute Gasteiger partial charge is 0.306 e. The minimum absolute atomic E-state index is 0.145. The van der Waals surface area contributed by atoms with Crippen LogP contribution in [0.4, 0.5) is 0 Å². The fourth-order valence-electron chi connectivity index (χ4n) is 2.63. The Hall–Kier alpha value is -0.530. The monoisotopic (exact) mass is 256 g/mol. The molecule has 0 aliphatic carbocycles. The molecule has 0 radical (unpaired) electrons. The van der Waals surface area contributed by atoms with Crippen molar-refractivity contribution in [2.45, 2.75) is 73.1 Å². The van der Waals surface area contributed by atoms with E-state index in [0.29, 0.717) is 11.8 Å². The van der Waals surface area contributed by atoms with E-state index in [1.807, 2.05) is 0 Å². The quantitative estimate of drug-likeness (QED) is 0.599. The fraction of sp³-hybridized carbons (Fsp3) is 0.938. The third-order valence-corrected chi connectivity index (χ3v) is 3.57. The highest BCUT2D eigenvalue weighted by molar-refractivity contribution is 5.69. The summed E-state index contributed by atoms with van der Waals surface area (Å²) in [5.74, 6) is 1.04. The second-order valence-corrected chi connectivity index (χ2v) is 6.53. The number of hydrogen-bond donors (Lipinski definition) is 1. The zero-order valence-corrected chi connectivity index (χ0v) is 12.9. The molecular formula is C16H32O2. The molecule has 0 saturated heterocycles. The molecule has 0 aliphatic heterocycles. The van der Waals surface area contributed by atoms with Gasteiger partial charge in [-0.15, -0.1) is 0 Å². The third kappa shape index (κ3) is 8.54. The Balaban J connectivity index is 4.35. The maximum Gasteiger partial charge on any atom is 0.306 e. The molecule has 0 spiro atoms. The maximum atomic E-state index is 11.3. The molecule has 0 saturated carbocycles. The number of carboxylic acids is 1. The van der Waals surface area contributed by atoms with Crippen molar-refractivity contribution in [3.63, 3.8) is 0 Å². The molecule has 0 heterocycles. The molecule has 0 amide bonds. The molecule has 1 N–H and O–H groups in total. The van der Waals surface area contributed by atoms with Gasteiger partial charge in [0.05, 0.1) is 5.92 Å². The molecule has 0 aliphatic rings. The van der Waals surface area contributed by atoms with E-state index in [4.69, 9.17) is 0 Å². The minimum atomic E-state index is -0.602. The first-order valence-corrected chi connectivity index (χ1v) is 7.59. The van der Waals surface area contributed by atoms with E-state index in [1.165, 1.54) is 19.3 Å². The lowest BCUT2D eigenvalue weighted by molar-refractivity contribution is -0.143. The van der Waals surface area contributed by atoms with Gasteiger partial charge in [0, 0.05) is 0 Å². The van der Waals surface area contributed by atoms with Crippen molar-refractivity contribution in [3.05, 3.63) is 0 Å². The van der Waals surface area contributed by atoms with Crippen LogP contribution in [-0.4, -0.2) is 11.1 Å². The Kier molecular flexibility index (Phi) is 9.13. The van der Waals surface area contributed by atoms with Gasteiger partial charge in [0.15, 0.2) is 0 Å². The van der Waals surface area contributed by atoms with Crippen LogP contribution in [0.1, 0.15) is 73.1 Å². The molecule has 2 heteroatoms. The average molecular weight is 256 g/mol. The topological polar surface area (TPSA) is 37.3 Å². The van der Waals surface area contributed by atoms with E-state index in [-0.39, 0.29) is 5.92 Å². The van der Waals surface area contributed by atoms with Crippen molar-refractivity contribution in [2.24, 2.45) is 23.7 Å². The van der Waals surface area contributed by atoms with Crippen molar-refractivity contribution in [1.29, 1.82) is 0 Å². The highest BCUT2D eigenvalue weighted by Gasteiger charge is 2.23. The normalized spacial score (nSPS) is 15.1. The molecule has 2 unspecified atom stereocenters. The van der Waals surface area contributed by atoms with Crippen LogP contribution in [0.2, 0.25) is 0 Å². The highest BCUT2D eigenvalue weighted by atomic mass is 16.4. The van der Waals surface area contributed by atoms with E-state index >= 15 is 0 Å². The van der Waals surface area contributed by atoms with Crippen molar-refractivity contribution < 1.29 is 9.90 Å². The van der Waals surface area contributed by atoms with Gasteiger partial charge < -0.3 is 5.11 Å². The molecule has 0 fully saturated rings. The van der Waals surface area contributed by atoms with Gasteiger partial charge in [-0.25, -0.2) is 0 Å². The molecule has 18 heavy (non-hydrogen) atoms. The standard InChI is InChI=1S/C16H32O2/c1-6-7-14(9-8-12(2)3)11-15(16(17)18)10-13(4)5/h12-15H,6-11H2,1-5H3,(H,17,18). The number of aliphatic carboxylic acids is 1. The number of carbonyl (C=O) groups is 1. The lowest BCUT2D eigenvalue weighted by Gasteiger charge is -2.22. The van der Waals surface area contributed by atoms with Crippen molar-refractivity contribution in [3.8, 4) is 0 Å². The van der Waals surface area contributed by atoms with Gasteiger partial charge in [0.25, 0.3) is 0 Å².